The van der Waals surface area contributed by atoms with E-state index in [4.69, 9.17) is 5.84 Å². The Hall–Kier alpha value is -0.120. The number of nitrogens with two attached hydrogens (primary N) is 1. The minimum atomic E-state index is 0.870. The standard InChI is InChI=1S/C8H17N3/c9-11-4-2-7-5-10-3-1-8(7)6-11/h7-8,10H,1-6,9H2. The Bertz CT molecular complexity index is 137. The summed E-state index contributed by atoms with van der Waals surface area (Å²) in [7, 11) is 0. The zero-order valence-corrected chi connectivity index (χ0v) is 6.92. The van der Waals surface area contributed by atoms with Gasteiger partial charge in [-0.05, 0) is 37.8 Å². The van der Waals surface area contributed by atoms with E-state index in [1.54, 1.807) is 0 Å². The van der Waals surface area contributed by atoms with Crippen molar-refractivity contribution in [3.8, 4) is 0 Å². The Morgan fingerprint density at radius 3 is 3.09 bits per heavy atom. The van der Waals surface area contributed by atoms with Gasteiger partial charge in [0.1, 0.15) is 0 Å². The van der Waals surface area contributed by atoms with Gasteiger partial charge in [0, 0.05) is 13.1 Å². The number of nitrogens with zero attached hydrogens (tertiary/aromatic N) is 1. The Balaban J connectivity index is 1.93. The van der Waals surface area contributed by atoms with Crippen LogP contribution in [0.15, 0.2) is 0 Å². The fourth-order valence-electron chi connectivity index (χ4n) is 2.28. The molecule has 0 aromatic heterocycles. The smallest absolute Gasteiger partial charge is 0.0160 e. The van der Waals surface area contributed by atoms with Crippen molar-refractivity contribution in [2.45, 2.75) is 12.8 Å². The van der Waals surface area contributed by atoms with Gasteiger partial charge in [-0.2, -0.15) is 0 Å². The van der Waals surface area contributed by atoms with Crippen LogP contribution < -0.4 is 11.2 Å². The lowest BCUT2D eigenvalue weighted by molar-refractivity contribution is 0.0962. The lowest BCUT2D eigenvalue weighted by atomic mass is 9.81. The summed E-state index contributed by atoms with van der Waals surface area (Å²) in [5.74, 6) is 7.53. The molecular formula is C8H17N3. The first-order valence-corrected chi connectivity index (χ1v) is 4.56. The van der Waals surface area contributed by atoms with Crippen LogP contribution in [0.5, 0.6) is 0 Å². The third-order valence-corrected chi connectivity index (χ3v) is 3.02. The highest BCUT2D eigenvalue weighted by molar-refractivity contribution is 4.83. The summed E-state index contributed by atoms with van der Waals surface area (Å²) in [5.41, 5.74) is 0. The van der Waals surface area contributed by atoms with Crippen molar-refractivity contribution in [2.24, 2.45) is 17.7 Å². The van der Waals surface area contributed by atoms with Gasteiger partial charge in [-0.3, -0.25) is 5.84 Å². The molecule has 3 heteroatoms. The van der Waals surface area contributed by atoms with Crippen molar-refractivity contribution in [1.82, 2.24) is 10.3 Å². The molecule has 0 radical (unpaired) electrons. The average Bonchev–Trinajstić information content (AvgIpc) is 2.04. The van der Waals surface area contributed by atoms with Gasteiger partial charge in [0.2, 0.25) is 0 Å². The Kier molecular flexibility index (Phi) is 2.11. The lowest BCUT2D eigenvalue weighted by Crippen LogP contribution is -2.50. The second kappa shape index (κ2) is 3.09. The van der Waals surface area contributed by atoms with Gasteiger partial charge in [0.05, 0.1) is 0 Å². The van der Waals surface area contributed by atoms with Gasteiger partial charge in [-0.15, -0.1) is 0 Å². The van der Waals surface area contributed by atoms with E-state index in [9.17, 15) is 0 Å². The molecule has 3 nitrogen and oxygen atoms in total. The van der Waals surface area contributed by atoms with Crippen molar-refractivity contribution >= 4 is 0 Å². The first kappa shape index (κ1) is 7.53. The van der Waals surface area contributed by atoms with Crippen molar-refractivity contribution < 1.29 is 0 Å². The van der Waals surface area contributed by atoms with Crippen LogP contribution in [0.2, 0.25) is 0 Å². The normalized spacial score (nSPS) is 40.1. The van der Waals surface area contributed by atoms with Crippen LogP contribution in [0.1, 0.15) is 12.8 Å². The monoisotopic (exact) mass is 155 g/mol. The molecule has 2 atom stereocenters. The molecule has 11 heavy (non-hydrogen) atoms. The van der Waals surface area contributed by atoms with Gasteiger partial charge in [-0.25, -0.2) is 5.01 Å². The fraction of sp³-hybridized carbons (Fsp3) is 1.00. The molecule has 2 unspecified atom stereocenters. The molecule has 0 saturated carbocycles. The van der Waals surface area contributed by atoms with E-state index in [0.717, 1.165) is 24.9 Å². The van der Waals surface area contributed by atoms with Crippen molar-refractivity contribution in [3.63, 3.8) is 0 Å². The van der Waals surface area contributed by atoms with Crippen LogP contribution in [-0.4, -0.2) is 31.2 Å². The zero-order valence-electron chi connectivity index (χ0n) is 6.92. The summed E-state index contributed by atoms with van der Waals surface area (Å²) in [6.07, 6.45) is 2.60. The second-order valence-electron chi connectivity index (χ2n) is 3.80. The van der Waals surface area contributed by atoms with Gasteiger partial charge in [-0.1, -0.05) is 0 Å². The quantitative estimate of drug-likeness (QED) is 0.476. The van der Waals surface area contributed by atoms with Gasteiger partial charge in [0.15, 0.2) is 0 Å². The number of rotatable bonds is 0. The van der Waals surface area contributed by atoms with Crippen molar-refractivity contribution in [2.75, 3.05) is 26.2 Å². The summed E-state index contributed by atoms with van der Waals surface area (Å²) in [6, 6.07) is 0. The van der Waals surface area contributed by atoms with Crippen LogP contribution in [0, 0.1) is 11.8 Å². The number of hydrogen-bond donors (Lipinski definition) is 2. The molecule has 64 valence electrons. The summed E-state index contributed by atoms with van der Waals surface area (Å²) >= 11 is 0. The highest BCUT2D eigenvalue weighted by atomic mass is 15.4. The van der Waals surface area contributed by atoms with Gasteiger partial charge in [0.25, 0.3) is 0 Å². The maximum absolute atomic E-state index is 5.75. The third kappa shape index (κ3) is 1.55. The molecule has 2 aliphatic heterocycles. The second-order valence-corrected chi connectivity index (χ2v) is 3.80. The van der Waals surface area contributed by atoms with E-state index in [2.05, 4.69) is 5.32 Å². The van der Waals surface area contributed by atoms with E-state index in [0.29, 0.717) is 0 Å². The first-order chi connectivity index (χ1) is 5.36. The summed E-state index contributed by atoms with van der Waals surface area (Å²) in [4.78, 5) is 0. The summed E-state index contributed by atoms with van der Waals surface area (Å²) < 4.78 is 0. The van der Waals surface area contributed by atoms with Gasteiger partial charge >= 0.3 is 0 Å². The number of hydrogen-bond acceptors (Lipinski definition) is 3. The van der Waals surface area contributed by atoms with Crippen LogP contribution >= 0.6 is 0 Å². The lowest BCUT2D eigenvalue weighted by Gasteiger charge is -2.39. The predicted molar refractivity (Wildman–Crippen MR) is 44.8 cm³/mol. The summed E-state index contributed by atoms with van der Waals surface area (Å²) in [6.45, 7) is 4.61. The molecule has 2 saturated heterocycles. The van der Waals surface area contributed by atoms with Crippen LogP contribution in [0.25, 0.3) is 0 Å². The molecule has 2 heterocycles. The molecule has 0 bridgehead atoms. The van der Waals surface area contributed by atoms with E-state index in [-0.39, 0.29) is 0 Å². The Labute approximate surface area is 67.9 Å². The fourth-order valence-corrected chi connectivity index (χ4v) is 2.28. The Morgan fingerprint density at radius 2 is 2.18 bits per heavy atom. The largest absolute Gasteiger partial charge is 0.316 e. The minimum Gasteiger partial charge on any atom is -0.316 e. The molecule has 2 fully saturated rings. The van der Waals surface area contributed by atoms with Crippen LogP contribution in [-0.2, 0) is 0 Å². The topological polar surface area (TPSA) is 41.3 Å². The number of hydrazine groups is 1. The highest BCUT2D eigenvalue weighted by Crippen LogP contribution is 2.26. The maximum Gasteiger partial charge on any atom is 0.0160 e. The Morgan fingerprint density at radius 1 is 1.27 bits per heavy atom. The molecule has 0 aromatic rings. The highest BCUT2D eigenvalue weighted by Gasteiger charge is 2.29. The van der Waals surface area contributed by atoms with Crippen molar-refractivity contribution in [3.05, 3.63) is 0 Å². The predicted octanol–water partition coefficient (Wildman–Crippen LogP) is -0.209. The molecule has 0 spiro atoms. The number of nitrogens with one attached hydrogen (secondary N) is 1. The average molecular weight is 155 g/mol. The molecule has 0 aromatic carbocycles. The molecular weight excluding hydrogens is 138 g/mol. The SMILES string of the molecule is NN1CCC2CNCCC2C1. The molecule has 2 rings (SSSR count). The molecule has 3 N–H and O–H groups in total. The van der Waals surface area contributed by atoms with E-state index >= 15 is 0 Å². The third-order valence-electron chi connectivity index (χ3n) is 3.02. The first-order valence-electron chi connectivity index (χ1n) is 4.56. The number of piperidine rings is 2. The molecule has 0 aliphatic carbocycles. The zero-order chi connectivity index (χ0) is 7.68. The summed E-state index contributed by atoms with van der Waals surface area (Å²) in [5, 5.41) is 5.42. The van der Waals surface area contributed by atoms with E-state index < -0.39 is 0 Å². The molecule has 0 amide bonds. The maximum atomic E-state index is 5.75. The van der Waals surface area contributed by atoms with Crippen molar-refractivity contribution in [1.29, 1.82) is 0 Å². The van der Waals surface area contributed by atoms with Crippen LogP contribution in [0.3, 0.4) is 0 Å². The van der Waals surface area contributed by atoms with Crippen LogP contribution in [0.4, 0.5) is 0 Å². The minimum absolute atomic E-state index is 0.870. The molecule has 2 aliphatic rings. The van der Waals surface area contributed by atoms with Gasteiger partial charge < -0.3 is 5.32 Å². The van der Waals surface area contributed by atoms with E-state index in [1.807, 2.05) is 5.01 Å². The van der Waals surface area contributed by atoms with E-state index in [1.165, 1.54) is 25.9 Å². The number of fused-ring (bicyclic) bond motifs is 1.